The molecule has 1 aliphatic heterocycles. The molecule has 2 aromatic rings. The van der Waals surface area contributed by atoms with Crippen LogP contribution in [0.3, 0.4) is 0 Å². The zero-order valence-corrected chi connectivity index (χ0v) is 14.0. The lowest BCUT2D eigenvalue weighted by Gasteiger charge is -2.20. The Morgan fingerprint density at radius 3 is 2.88 bits per heavy atom. The van der Waals surface area contributed by atoms with Crippen molar-refractivity contribution >= 4 is 29.5 Å². The molecule has 2 aromatic carbocycles. The maximum absolute atomic E-state index is 11.0. The number of hydrogen-bond acceptors (Lipinski definition) is 6. The van der Waals surface area contributed by atoms with Crippen molar-refractivity contribution in [3.8, 4) is 17.2 Å². The van der Waals surface area contributed by atoms with Crippen molar-refractivity contribution in [1.29, 1.82) is 0 Å². The van der Waals surface area contributed by atoms with Gasteiger partial charge in [0.15, 0.2) is 11.5 Å². The van der Waals surface area contributed by atoms with Crippen molar-refractivity contribution in [3.05, 3.63) is 46.5 Å². The summed E-state index contributed by atoms with van der Waals surface area (Å²) in [5, 5.41) is 13.5. The number of hydrogen-bond donors (Lipinski definition) is 2. The molecule has 3 rings (SSSR count). The van der Waals surface area contributed by atoms with Crippen molar-refractivity contribution in [3.63, 3.8) is 0 Å². The lowest BCUT2D eigenvalue weighted by Crippen LogP contribution is -2.16. The molecule has 0 saturated heterocycles. The topological polar surface area (TPSA) is 89.4 Å². The fraction of sp³-hybridized carbons (Fsp3) is 0.176. The number of benzene rings is 2. The van der Waals surface area contributed by atoms with E-state index < -0.39 is 5.97 Å². The second-order valence-corrected chi connectivity index (χ2v) is 5.52. The van der Waals surface area contributed by atoms with E-state index in [-0.39, 0.29) is 5.56 Å². The predicted octanol–water partition coefficient (Wildman–Crippen LogP) is 3.26. The van der Waals surface area contributed by atoms with E-state index >= 15 is 0 Å². The van der Waals surface area contributed by atoms with E-state index in [9.17, 15) is 4.79 Å². The van der Waals surface area contributed by atoms with Gasteiger partial charge in [0.1, 0.15) is 13.2 Å². The number of anilines is 1. The third-order valence-electron chi connectivity index (χ3n) is 3.46. The van der Waals surface area contributed by atoms with Gasteiger partial charge < -0.3 is 19.3 Å². The van der Waals surface area contributed by atoms with E-state index in [2.05, 4.69) is 10.5 Å². The first-order valence-corrected chi connectivity index (χ1v) is 7.76. The number of nitrogens with one attached hydrogen (secondary N) is 1. The number of fused-ring (bicyclic) bond motifs is 1. The molecule has 0 saturated carbocycles. The standard InChI is InChI=1S/C17H15ClN2O5/c1-23-14-6-10(7-15-16(14)25-5-4-24-15)9-19-20-13-8-11(17(21)22)2-3-12(13)18/h2-3,6-9,20H,4-5H2,1H3,(H,21,22)/b19-9-. The molecule has 0 amide bonds. The Bertz CT molecular complexity index is 821. The predicted molar refractivity (Wildman–Crippen MR) is 93.6 cm³/mol. The molecule has 0 aliphatic carbocycles. The van der Waals surface area contributed by atoms with Gasteiger partial charge in [-0.3, -0.25) is 5.43 Å². The van der Waals surface area contributed by atoms with E-state index in [1.54, 1.807) is 25.5 Å². The Labute approximate surface area is 148 Å². The zero-order valence-electron chi connectivity index (χ0n) is 13.3. The van der Waals surface area contributed by atoms with E-state index in [0.29, 0.717) is 41.2 Å². The highest BCUT2D eigenvalue weighted by Gasteiger charge is 2.17. The summed E-state index contributed by atoms with van der Waals surface area (Å²) in [4.78, 5) is 11.0. The number of nitrogens with zero attached hydrogens (tertiary/aromatic N) is 1. The molecule has 25 heavy (non-hydrogen) atoms. The average Bonchev–Trinajstić information content (AvgIpc) is 2.62. The van der Waals surface area contributed by atoms with Crippen molar-refractivity contribution in [2.75, 3.05) is 25.7 Å². The Morgan fingerprint density at radius 1 is 1.32 bits per heavy atom. The van der Waals surface area contributed by atoms with Gasteiger partial charge in [-0.2, -0.15) is 5.10 Å². The lowest BCUT2D eigenvalue weighted by atomic mass is 10.2. The van der Waals surface area contributed by atoms with E-state index in [0.717, 1.165) is 5.56 Å². The molecule has 2 N–H and O–H groups in total. The van der Waals surface area contributed by atoms with Gasteiger partial charge in [-0.1, -0.05) is 11.6 Å². The van der Waals surface area contributed by atoms with Crippen LogP contribution in [-0.4, -0.2) is 37.6 Å². The number of halogens is 1. The van der Waals surface area contributed by atoms with Crippen molar-refractivity contribution in [1.82, 2.24) is 0 Å². The van der Waals surface area contributed by atoms with E-state index in [1.165, 1.54) is 18.2 Å². The van der Waals surface area contributed by atoms with Gasteiger partial charge in [-0.25, -0.2) is 4.79 Å². The van der Waals surface area contributed by atoms with Gasteiger partial charge in [-0.05, 0) is 30.3 Å². The molecule has 0 bridgehead atoms. The van der Waals surface area contributed by atoms with Crippen LogP contribution in [0.15, 0.2) is 35.4 Å². The van der Waals surface area contributed by atoms with Crippen LogP contribution in [0.5, 0.6) is 17.2 Å². The molecule has 0 radical (unpaired) electrons. The highest BCUT2D eigenvalue weighted by Crippen LogP contribution is 2.40. The highest BCUT2D eigenvalue weighted by atomic mass is 35.5. The van der Waals surface area contributed by atoms with Crippen LogP contribution in [0, 0.1) is 0 Å². The van der Waals surface area contributed by atoms with Gasteiger partial charge in [0.05, 0.1) is 29.6 Å². The minimum atomic E-state index is -1.04. The largest absolute Gasteiger partial charge is 0.493 e. The lowest BCUT2D eigenvalue weighted by molar-refractivity contribution is 0.0697. The molecule has 130 valence electrons. The third-order valence-corrected chi connectivity index (χ3v) is 3.79. The molecular weight excluding hydrogens is 348 g/mol. The van der Waals surface area contributed by atoms with Gasteiger partial charge in [0.2, 0.25) is 5.75 Å². The number of carboxylic acids is 1. The molecule has 0 unspecified atom stereocenters. The summed E-state index contributed by atoms with van der Waals surface area (Å²) in [6.07, 6.45) is 1.55. The molecule has 0 atom stereocenters. The first-order valence-electron chi connectivity index (χ1n) is 7.38. The highest BCUT2D eigenvalue weighted by molar-refractivity contribution is 6.33. The number of carboxylic acid groups (broad SMARTS) is 1. The minimum absolute atomic E-state index is 0.114. The van der Waals surface area contributed by atoms with Crippen molar-refractivity contribution in [2.24, 2.45) is 5.10 Å². The molecule has 1 heterocycles. The summed E-state index contributed by atoms with van der Waals surface area (Å²) in [6.45, 7) is 0.934. The van der Waals surface area contributed by atoms with Crippen LogP contribution in [0.25, 0.3) is 0 Å². The maximum Gasteiger partial charge on any atom is 0.335 e. The second kappa shape index (κ2) is 7.31. The fourth-order valence-electron chi connectivity index (χ4n) is 2.29. The molecule has 1 aliphatic rings. The van der Waals surface area contributed by atoms with Crippen molar-refractivity contribution < 1.29 is 24.1 Å². The summed E-state index contributed by atoms with van der Waals surface area (Å²) < 4.78 is 16.4. The summed E-state index contributed by atoms with van der Waals surface area (Å²) >= 11 is 6.04. The molecule has 0 spiro atoms. The van der Waals surface area contributed by atoms with Crippen LogP contribution in [-0.2, 0) is 0 Å². The number of rotatable bonds is 5. The number of ether oxygens (including phenoxy) is 3. The van der Waals surface area contributed by atoms with Gasteiger partial charge in [0, 0.05) is 5.56 Å². The maximum atomic E-state index is 11.0. The van der Waals surface area contributed by atoms with Gasteiger partial charge in [0.25, 0.3) is 0 Å². The fourth-order valence-corrected chi connectivity index (χ4v) is 2.45. The summed E-state index contributed by atoms with van der Waals surface area (Å²) in [6, 6.07) is 7.86. The van der Waals surface area contributed by atoms with E-state index in [4.69, 9.17) is 30.9 Å². The molecule has 0 fully saturated rings. The first-order chi connectivity index (χ1) is 12.1. The van der Waals surface area contributed by atoms with E-state index in [1.807, 2.05) is 0 Å². The van der Waals surface area contributed by atoms with Crippen LogP contribution >= 0.6 is 11.6 Å². The number of carbonyl (C=O) groups is 1. The molecular formula is C17H15ClN2O5. The Morgan fingerprint density at radius 2 is 2.12 bits per heavy atom. The second-order valence-electron chi connectivity index (χ2n) is 5.12. The Balaban J connectivity index is 1.81. The summed E-state index contributed by atoms with van der Waals surface area (Å²) in [7, 11) is 1.55. The number of aromatic carboxylic acids is 1. The smallest absolute Gasteiger partial charge is 0.335 e. The van der Waals surface area contributed by atoms with Gasteiger partial charge >= 0.3 is 5.97 Å². The Kier molecular flexibility index (Phi) is 4.95. The zero-order chi connectivity index (χ0) is 17.8. The van der Waals surface area contributed by atoms with Crippen LogP contribution in [0.1, 0.15) is 15.9 Å². The van der Waals surface area contributed by atoms with Gasteiger partial charge in [-0.15, -0.1) is 0 Å². The minimum Gasteiger partial charge on any atom is -0.493 e. The monoisotopic (exact) mass is 362 g/mol. The normalized spacial score (nSPS) is 12.9. The number of hydrazone groups is 1. The quantitative estimate of drug-likeness (QED) is 0.627. The third kappa shape index (κ3) is 3.77. The summed E-state index contributed by atoms with van der Waals surface area (Å²) in [5.74, 6) is 0.652. The molecule has 8 heteroatoms. The SMILES string of the molecule is COc1cc(/C=N\Nc2cc(C(=O)O)ccc2Cl)cc2c1OCCO2. The summed E-state index contributed by atoms with van der Waals surface area (Å²) in [5.41, 5.74) is 3.96. The van der Waals surface area contributed by atoms with Crippen LogP contribution in [0.2, 0.25) is 5.02 Å². The average molecular weight is 363 g/mol. The Hall–Kier alpha value is -2.93. The molecule has 0 aromatic heterocycles. The molecule has 7 nitrogen and oxygen atoms in total. The van der Waals surface area contributed by atoms with Crippen LogP contribution in [0.4, 0.5) is 5.69 Å². The first kappa shape index (κ1) is 16.9. The van der Waals surface area contributed by atoms with Crippen molar-refractivity contribution in [2.45, 2.75) is 0 Å². The van der Waals surface area contributed by atoms with Crippen LogP contribution < -0.4 is 19.6 Å². The number of methoxy groups -OCH3 is 1.